The molecule has 1 aliphatic rings. The topological polar surface area (TPSA) is 0 Å². The molecule has 1 atom stereocenters. The zero-order chi connectivity index (χ0) is 13.8. The lowest BCUT2D eigenvalue weighted by Crippen LogP contribution is -2.04. The molecule has 1 aromatic carbocycles. The second-order valence-electron chi connectivity index (χ2n) is 5.15. The molecule has 1 unspecified atom stereocenters. The predicted octanol–water partition coefficient (Wildman–Crippen LogP) is 5.80. The Morgan fingerprint density at radius 3 is 2.84 bits per heavy atom. The van der Waals surface area contributed by atoms with Crippen molar-refractivity contribution >= 4 is 17.2 Å². The summed E-state index contributed by atoms with van der Waals surface area (Å²) in [6.07, 6.45) is 8.81. The fourth-order valence-electron chi connectivity index (χ4n) is 2.61. The van der Waals surface area contributed by atoms with Crippen LogP contribution >= 0.6 is 11.6 Å². The first-order valence-electron chi connectivity index (χ1n) is 6.96. The van der Waals surface area contributed by atoms with E-state index < -0.39 is 0 Å². The van der Waals surface area contributed by atoms with Crippen molar-refractivity contribution in [3.8, 4) is 0 Å². The zero-order valence-corrected chi connectivity index (χ0v) is 12.1. The molecule has 1 aromatic rings. The van der Waals surface area contributed by atoms with Gasteiger partial charge in [0.2, 0.25) is 0 Å². The maximum atomic E-state index is 14.4. The van der Waals surface area contributed by atoms with E-state index in [0.717, 1.165) is 43.2 Å². The van der Waals surface area contributed by atoms with Gasteiger partial charge >= 0.3 is 0 Å². The smallest absolute Gasteiger partial charge is 0.149 e. The molecule has 0 radical (unpaired) electrons. The molecule has 2 heteroatoms. The summed E-state index contributed by atoms with van der Waals surface area (Å²) in [7, 11) is 0. The summed E-state index contributed by atoms with van der Waals surface area (Å²) in [5.74, 6) is 0.276. The van der Waals surface area contributed by atoms with Crippen LogP contribution in [0.3, 0.4) is 0 Å². The Morgan fingerprint density at radius 2 is 2.26 bits per heavy atom. The van der Waals surface area contributed by atoms with Crippen molar-refractivity contribution in [1.82, 2.24) is 0 Å². The molecule has 0 spiro atoms. The Balaban J connectivity index is 2.29. The average Bonchev–Trinajstić information content (AvgIpc) is 2.45. The van der Waals surface area contributed by atoms with Gasteiger partial charge in [0.25, 0.3) is 0 Å². The predicted molar refractivity (Wildman–Crippen MR) is 80.9 cm³/mol. The second kappa shape index (κ2) is 6.38. The molecule has 102 valence electrons. The van der Waals surface area contributed by atoms with E-state index in [1.54, 1.807) is 0 Å². The van der Waals surface area contributed by atoms with Gasteiger partial charge in [-0.25, -0.2) is 4.39 Å². The maximum Gasteiger partial charge on any atom is 0.149 e. The lowest BCUT2D eigenvalue weighted by atomic mass is 9.86. The molecule has 0 saturated carbocycles. The van der Waals surface area contributed by atoms with Crippen LogP contribution in [-0.2, 0) is 6.42 Å². The Bertz CT molecular complexity index is 502. The van der Waals surface area contributed by atoms with Gasteiger partial charge in [0.1, 0.15) is 5.82 Å². The number of rotatable bonds is 4. The van der Waals surface area contributed by atoms with E-state index in [9.17, 15) is 4.39 Å². The van der Waals surface area contributed by atoms with Crippen molar-refractivity contribution in [2.75, 3.05) is 0 Å². The van der Waals surface area contributed by atoms with Gasteiger partial charge in [-0.2, -0.15) is 0 Å². The van der Waals surface area contributed by atoms with Crippen LogP contribution in [0.25, 0.3) is 5.57 Å². The molecule has 0 N–H and O–H groups in total. The summed E-state index contributed by atoms with van der Waals surface area (Å²) in [5, 5.41) is 0.297. The number of hydrogen-bond acceptors (Lipinski definition) is 0. The summed E-state index contributed by atoms with van der Waals surface area (Å²) in [4.78, 5) is 0. The van der Waals surface area contributed by atoms with Gasteiger partial charge in [-0.15, -0.1) is 6.58 Å². The van der Waals surface area contributed by atoms with Crippen LogP contribution in [0.5, 0.6) is 0 Å². The highest BCUT2D eigenvalue weighted by atomic mass is 35.5. The minimum absolute atomic E-state index is 0.254. The van der Waals surface area contributed by atoms with Crippen molar-refractivity contribution in [2.45, 2.75) is 39.0 Å². The molecule has 0 saturated heterocycles. The lowest BCUT2D eigenvalue weighted by Gasteiger charge is -2.20. The molecule has 2 rings (SSSR count). The van der Waals surface area contributed by atoms with Crippen LogP contribution in [0.1, 0.15) is 43.7 Å². The monoisotopic (exact) mass is 278 g/mol. The minimum atomic E-state index is -0.254. The molecule has 0 heterocycles. The Hall–Kier alpha value is -1.08. The van der Waals surface area contributed by atoms with E-state index >= 15 is 0 Å². The summed E-state index contributed by atoms with van der Waals surface area (Å²) in [5.41, 5.74) is 2.67. The molecular formula is C17H20ClF. The number of benzene rings is 1. The SMILES string of the molecule is C=CC1CC=C(c2ccc(CCC)c(Cl)c2F)CC1. The maximum absolute atomic E-state index is 14.4. The van der Waals surface area contributed by atoms with E-state index in [4.69, 9.17) is 11.6 Å². The summed E-state index contributed by atoms with van der Waals surface area (Å²) in [6.45, 7) is 5.89. The van der Waals surface area contributed by atoms with Gasteiger partial charge < -0.3 is 0 Å². The largest absolute Gasteiger partial charge is 0.205 e. The molecule has 0 nitrogen and oxygen atoms in total. The van der Waals surface area contributed by atoms with Crippen LogP contribution in [-0.4, -0.2) is 0 Å². The molecule has 1 aliphatic carbocycles. The van der Waals surface area contributed by atoms with Gasteiger partial charge in [-0.1, -0.05) is 49.2 Å². The third-order valence-electron chi connectivity index (χ3n) is 3.81. The highest BCUT2D eigenvalue weighted by molar-refractivity contribution is 6.31. The molecule has 0 bridgehead atoms. The van der Waals surface area contributed by atoms with Crippen molar-refractivity contribution < 1.29 is 4.39 Å². The molecule has 0 aromatic heterocycles. The summed E-state index contributed by atoms with van der Waals surface area (Å²) in [6, 6.07) is 3.84. The van der Waals surface area contributed by atoms with Gasteiger partial charge in [-0.05, 0) is 42.7 Å². The summed E-state index contributed by atoms with van der Waals surface area (Å²) < 4.78 is 14.4. The number of hydrogen-bond donors (Lipinski definition) is 0. The highest BCUT2D eigenvalue weighted by Gasteiger charge is 2.18. The Labute approximate surface area is 120 Å². The van der Waals surface area contributed by atoms with E-state index in [1.807, 2.05) is 18.2 Å². The van der Waals surface area contributed by atoms with Gasteiger partial charge in [0.15, 0.2) is 0 Å². The lowest BCUT2D eigenvalue weighted by molar-refractivity contribution is 0.585. The minimum Gasteiger partial charge on any atom is -0.205 e. The van der Waals surface area contributed by atoms with Gasteiger partial charge in [0.05, 0.1) is 5.02 Å². The number of aryl methyl sites for hydroxylation is 1. The fourth-order valence-corrected chi connectivity index (χ4v) is 2.87. The van der Waals surface area contributed by atoms with Crippen molar-refractivity contribution in [3.63, 3.8) is 0 Å². The molecule has 19 heavy (non-hydrogen) atoms. The standard InChI is InChI=1S/C17H20ClF/c1-3-5-14-10-11-15(17(19)16(14)18)13-8-6-12(4-2)7-9-13/h4,8,10-12H,2-3,5-7,9H2,1H3. The first kappa shape index (κ1) is 14.3. The number of halogens is 2. The third kappa shape index (κ3) is 3.09. The van der Waals surface area contributed by atoms with Crippen LogP contribution in [0, 0.1) is 11.7 Å². The van der Waals surface area contributed by atoms with E-state index in [-0.39, 0.29) is 5.82 Å². The van der Waals surface area contributed by atoms with Crippen molar-refractivity contribution in [1.29, 1.82) is 0 Å². The Kier molecular flexibility index (Phi) is 4.81. The Morgan fingerprint density at radius 1 is 1.47 bits per heavy atom. The number of allylic oxidation sites excluding steroid dienone is 3. The van der Waals surface area contributed by atoms with Crippen molar-refractivity contribution in [2.24, 2.45) is 5.92 Å². The van der Waals surface area contributed by atoms with E-state index in [1.165, 1.54) is 0 Å². The fraction of sp³-hybridized carbons (Fsp3) is 0.412. The van der Waals surface area contributed by atoms with Gasteiger partial charge in [-0.3, -0.25) is 0 Å². The third-order valence-corrected chi connectivity index (χ3v) is 4.22. The second-order valence-corrected chi connectivity index (χ2v) is 5.53. The molecule has 0 aliphatic heterocycles. The highest BCUT2D eigenvalue weighted by Crippen LogP contribution is 2.35. The van der Waals surface area contributed by atoms with Crippen LogP contribution in [0.2, 0.25) is 5.02 Å². The van der Waals surface area contributed by atoms with Crippen LogP contribution in [0.4, 0.5) is 4.39 Å². The van der Waals surface area contributed by atoms with Crippen LogP contribution in [0.15, 0.2) is 30.9 Å². The van der Waals surface area contributed by atoms with E-state index in [2.05, 4.69) is 19.6 Å². The van der Waals surface area contributed by atoms with E-state index in [0.29, 0.717) is 16.5 Å². The average molecular weight is 279 g/mol. The van der Waals surface area contributed by atoms with Gasteiger partial charge in [0, 0.05) is 5.56 Å². The molecule has 0 amide bonds. The molecule has 0 fully saturated rings. The molecular weight excluding hydrogens is 259 g/mol. The zero-order valence-electron chi connectivity index (χ0n) is 11.4. The normalized spacial score (nSPS) is 19.1. The van der Waals surface area contributed by atoms with Crippen molar-refractivity contribution in [3.05, 3.63) is 52.8 Å². The summed E-state index contributed by atoms with van der Waals surface area (Å²) >= 11 is 6.13. The quantitative estimate of drug-likeness (QED) is 0.611. The van der Waals surface area contributed by atoms with Crippen LogP contribution < -0.4 is 0 Å². The first-order chi connectivity index (χ1) is 9.17. The first-order valence-corrected chi connectivity index (χ1v) is 7.34.